The summed E-state index contributed by atoms with van der Waals surface area (Å²) in [6.07, 6.45) is 1.23. The maximum absolute atomic E-state index is 12.3. The Bertz CT molecular complexity index is 432. The molecule has 0 N–H and O–H groups in total. The van der Waals surface area contributed by atoms with E-state index in [2.05, 4.69) is 0 Å². The summed E-state index contributed by atoms with van der Waals surface area (Å²) >= 11 is 0. The van der Waals surface area contributed by atoms with Crippen LogP contribution in [0, 0.1) is 0 Å². The highest BCUT2D eigenvalue weighted by atomic mass is 31.2. The molecule has 1 saturated heterocycles. The number of carbonyl (C=O) groups is 1. The van der Waals surface area contributed by atoms with Crippen LogP contribution < -0.4 is 4.52 Å². The molecule has 0 radical (unpaired) electrons. The molecular formula is C11H14NO3P. The van der Waals surface area contributed by atoms with Gasteiger partial charge in [-0.3, -0.25) is 14.0 Å². The molecule has 16 heavy (non-hydrogen) atoms. The van der Waals surface area contributed by atoms with Crippen molar-refractivity contribution in [1.29, 1.82) is 0 Å². The third-order valence-corrected chi connectivity index (χ3v) is 4.35. The molecule has 0 bridgehead atoms. The summed E-state index contributed by atoms with van der Waals surface area (Å²) in [7, 11) is -3.03. The molecule has 1 aromatic rings. The van der Waals surface area contributed by atoms with Crippen molar-refractivity contribution in [2.45, 2.75) is 12.8 Å². The molecule has 2 rings (SSSR count). The maximum Gasteiger partial charge on any atom is 0.342 e. The molecule has 1 atom stereocenters. The number of benzene rings is 1. The van der Waals surface area contributed by atoms with E-state index in [0.29, 0.717) is 18.7 Å². The summed E-state index contributed by atoms with van der Waals surface area (Å²) in [6.45, 7) is 2.02. The minimum Gasteiger partial charge on any atom is -0.429 e. The molecule has 1 aliphatic rings. The number of para-hydroxylation sites is 1. The van der Waals surface area contributed by atoms with Crippen LogP contribution in [-0.2, 0) is 9.36 Å². The SMILES string of the molecule is CP(=O)(Oc1ccccc1)N1CCCC1=O. The largest absolute Gasteiger partial charge is 0.429 e. The summed E-state index contributed by atoms with van der Waals surface area (Å²) in [5.41, 5.74) is 0. The van der Waals surface area contributed by atoms with Crippen molar-refractivity contribution in [3.63, 3.8) is 0 Å². The maximum atomic E-state index is 12.3. The van der Waals surface area contributed by atoms with Gasteiger partial charge in [0.2, 0.25) is 5.91 Å². The van der Waals surface area contributed by atoms with Gasteiger partial charge < -0.3 is 4.52 Å². The quantitative estimate of drug-likeness (QED) is 0.761. The highest BCUT2D eigenvalue weighted by molar-refractivity contribution is 7.56. The monoisotopic (exact) mass is 239 g/mol. The van der Waals surface area contributed by atoms with E-state index in [4.69, 9.17) is 4.52 Å². The average Bonchev–Trinajstić information content (AvgIpc) is 2.66. The lowest BCUT2D eigenvalue weighted by molar-refractivity contribution is -0.124. The molecule has 86 valence electrons. The van der Waals surface area contributed by atoms with Gasteiger partial charge >= 0.3 is 7.52 Å². The van der Waals surface area contributed by atoms with Gasteiger partial charge in [0, 0.05) is 19.6 Å². The zero-order valence-electron chi connectivity index (χ0n) is 9.13. The fraction of sp³-hybridized carbons (Fsp3) is 0.364. The second-order valence-corrected chi connectivity index (χ2v) is 6.10. The first-order valence-corrected chi connectivity index (χ1v) is 7.25. The molecule has 1 fully saturated rings. The smallest absolute Gasteiger partial charge is 0.342 e. The minimum atomic E-state index is -3.03. The van der Waals surface area contributed by atoms with E-state index in [-0.39, 0.29) is 5.91 Å². The van der Waals surface area contributed by atoms with E-state index in [1.807, 2.05) is 6.07 Å². The lowest BCUT2D eigenvalue weighted by Gasteiger charge is -2.24. The number of nitrogens with zero attached hydrogens (tertiary/aromatic N) is 1. The molecule has 0 spiro atoms. The normalized spacial score (nSPS) is 19.6. The molecular weight excluding hydrogens is 225 g/mol. The number of carbonyl (C=O) groups excluding carboxylic acids is 1. The van der Waals surface area contributed by atoms with Gasteiger partial charge in [0.1, 0.15) is 5.75 Å². The Morgan fingerprint density at radius 1 is 1.31 bits per heavy atom. The van der Waals surface area contributed by atoms with E-state index < -0.39 is 7.52 Å². The minimum absolute atomic E-state index is 0.0817. The van der Waals surface area contributed by atoms with Crippen molar-refractivity contribution in [3.05, 3.63) is 30.3 Å². The van der Waals surface area contributed by atoms with Gasteiger partial charge in [-0.25, -0.2) is 0 Å². The Hall–Kier alpha value is -1.28. The van der Waals surface area contributed by atoms with Gasteiger partial charge in [0.15, 0.2) is 0 Å². The molecule has 1 heterocycles. The first-order valence-electron chi connectivity index (χ1n) is 5.22. The number of hydrogen-bond donors (Lipinski definition) is 0. The topological polar surface area (TPSA) is 46.6 Å². The summed E-state index contributed by atoms with van der Waals surface area (Å²) in [6, 6.07) is 8.93. The molecule has 0 saturated carbocycles. The molecule has 1 aromatic carbocycles. The Balaban J connectivity index is 2.14. The molecule has 1 unspecified atom stereocenters. The standard InChI is InChI=1S/C11H14NO3P/c1-16(14,12-9-5-8-11(12)13)15-10-6-3-2-4-7-10/h2-4,6-7H,5,8-9H2,1H3. The summed E-state index contributed by atoms with van der Waals surface area (Å²) in [5, 5.41) is 0. The van der Waals surface area contributed by atoms with Crippen LogP contribution in [0.2, 0.25) is 0 Å². The number of rotatable bonds is 3. The van der Waals surface area contributed by atoms with Crippen LogP contribution in [0.5, 0.6) is 5.75 Å². The van der Waals surface area contributed by atoms with Crippen LogP contribution >= 0.6 is 7.52 Å². The van der Waals surface area contributed by atoms with Crippen LogP contribution in [-0.4, -0.2) is 23.8 Å². The molecule has 1 amide bonds. The zero-order valence-corrected chi connectivity index (χ0v) is 10.0. The van der Waals surface area contributed by atoms with Crippen molar-refractivity contribution in [2.24, 2.45) is 0 Å². The Morgan fingerprint density at radius 3 is 2.56 bits per heavy atom. The first kappa shape index (κ1) is 11.2. The van der Waals surface area contributed by atoms with E-state index in [0.717, 1.165) is 6.42 Å². The fourth-order valence-electron chi connectivity index (χ4n) is 1.74. The third kappa shape index (κ3) is 2.27. The van der Waals surface area contributed by atoms with Crippen LogP contribution in [0.25, 0.3) is 0 Å². The van der Waals surface area contributed by atoms with Crippen LogP contribution in [0.3, 0.4) is 0 Å². The zero-order chi connectivity index (χ0) is 11.6. The molecule has 0 aliphatic carbocycles. The van der Waals surface area contributed by atoms with Gasteiger partial charge in [-0.05, 0) is 18.6 Å². The second kappa shape index (κ2) is 4.30. The lowest BCUT2D eigenvalue weighted by Crippen LogP contribution is -2.23. The first-order chi connectivity index (χ1) is 7.59. The van der Waals surface area contributed by atoms with Crippen LogP contribution in [0.1, 0.15) is 12.8 Å². The lowest BCUT2D eigenvalue weighted by atomic mass is 10.3. The molecule has 5 heteroatoms. The van der Waals surface area contributed by atoms with E-state index in [9.17, 15) is 9.36 Å². The summed E-state index contributed by atoms with van der Waals surface area (Å²) in [5.74, 6) is 0.454. The van der Waals surface area contributed by atoms with E-state index in [1.54, 1.807) is 24.3 Å². The van der Waals surface area contributed by atoms with Crippen molar-refractivity contribution in [3.8, 4) is 5.75 Å². The van der Waals surface area contributed by atoms with Gasteiger partial charge in [-0.15, -0.1) is 0 Å². The fourth-order valence-corrected chi connectivity index (χ4v) is 3.37. The van der Waals surface area contributed by atoms with Crippen molar-refractivity contribution in [1.82, 2.24) is 4.67 Å². The number of amides is 1. The Labute approximate surface area is 94.7 Å². The Kier molecular flexibility index (Phi) is 3.01. The number of hydrogen-bond acceptors (Lipinski definition) is 3. The van der Waals surface area contributed by atoms with Gasteiger partial charge in [-0.2, -0.15) is 0 Å². The van der Waals surface area contributed by atoms with Crippen molar-refractivity contribution >= 4 is 13.4 Å². The highest BCUT2D eigenvalue weighted by Gasteiger charge is 2.35. The van der Waals surface area contributed by atoms with Gasteiger partial charge in [0.25, 0.3) is 0 Å². The van der Waals surface area contributed by atoms with E-state index in [1.165, 1.54) is 11.3 Å². The summed E-state index contributed by atoms with van der Waals surface area (Å²) < 4.78 is 19.1. The molecule has 1 aliphatic heterocycles. The van der Waals surface area contributed by atoms with Gasteiger partial charge in [-0.1, -0.05) is 18.2 Å². The van der Waals surface area contributed by atoms with Gasteiger partial charge in [0.05, 0.1) is 0 Å². The van der Waals surface area contributed by atoms with Crippen molar-refractivity contribution < 1.29 is 13.9 Å². The Morgan fingerprint density at radius 2 is 2.00 bits per heavy atom. The second-order valence-electron chi connectivity index (χ2n) is 3.83. The molecule has 4 nitrogen and oxygen atoms in total. The predicted octanol–water partition coefficient (Wildman–Crippen LogP) is 2.51. The van der Waals surface area contributed by atoms with Crippen molar-refractivity contribution in [2.75, 3.05) is 13.2 Å². The third-order valence-electron chi connectivity index (χ3n) is 2.50. The van der Waals surface area contributed by atoms with E-state index >= 15 is 0 Å². The van der Waals surface area contributed by atoms with Crippen LogP contribution in [0.4, 0.5) is 0 Å². The molecule has 0 aromatic heterocycles. The average molecular weight is 239 g/mol. The highest BCUT2D eigenvalue weighted by Crippen LogP contribution is 2.49. The van der Waals surface area contributed by atoms with Crippen LogP contribution in [0.15, 0.2) is 30.3 Å². The predicted molar refractivity (Wildman–Crippen MR) is 61.5 cm³/mol. The summed E-state index contributed by atoms with van der Waals surface area (Å²) in [4.78, 5) is 11.5.